The van der Waals surface area contributed by atoms with Crippen LogP contribution in [0.2, 0.25) is 0 Å². The molecule has 0 bridgehead atoms. The van der Waals surface area contributed by atoms with E-state index in [1.807, 2.05) is 0 Å². The van der Waals surface area contributed by atoms with Crippen molar-refractivity contribution in [3.8, 4) is 0 Å². The highest BCUT2D eigenvalue weighted by atomic mass is 16.2. The lowest BCUT2D eigenvalue weighted by atomic mass is 10.2. The summed E-state index contributed by atoms with van der Waals surface area (Å²) in [5.41, 5.74) is 5.46. The lowest BCUT2D eigenvalue weighted by Gasteiger charge is -2.23. The number of amides is 9. The molecular formula is C30H52N10O10. The third-order valence-corrected chi connectivity index (χ3v) is 7.00. The molecule has 20 heteroatoms. The van der Waals surface area contributed by atoms with Crippen molar-refractivity contribution in [1.82, 2.24) is 47.9 Å². The molecule has 9 amide bonds. The van der Waals surface area contributed by atoms with Gasteiger partial charge >= 0.3 is 0 Å². The number of hydrogen-bond acceptors (Lipinski definition) is 11. The molecule has 0 aromatic rings. The van der Waals surface area contributed by atoms with Crippen molar-refractivity contribution in [1.29, 1.82) is 0 Å². The topological polar surface area (TPSA) is 305 Å². The van der Waals surface area contributed by atoms with E-state index in [2.05, 4.69) is 47.9 Å². The zero-order valence-electron chi connectivity index (χ0n) is 30.0. The van der Waals surface area contributed by atoms with Crippen LogP contribution >= 0.6 is 0 Å². The first-order chi connectivity index (χ1) is 23.0. The molecule has 20 nitrogen and oxygen atoms in total. The summed E-state index contributed by atoms with van der Waals surface area (Å²) in [5.74, 6) is -6.23. The van der Waals surface area contributed by atoms with E-state index in [-0.39, 0.29) is 0 Å². The van der Waals surface area contributed by atoms with E-state index < -0.39 is 114 Å². The minimum atomic E-state index is -1.16. The number of nitrogens with one attached hydrogen (secondary N) is 9. The number of rotatable bonds is 19. The highest BCUT2D eigenvalue weighted by Gasteiger charge is 2.28. The van der Waals surface area contributed by atoms with Crippen LogP contribution in [0, 0.1) is 0 Å². The van der Waals surface area contributed by atoms with Crippen LogP contribution in [0.25, 0.3) is 0 Å². The summed E-state index contributed by atoms with van der Waals surface area (Å²) in [6, 6.07) is -10.3. The third-order valence-electron chi connectivity index (χ3n) is 7.00. The van der Waals surface area contributed by atoms with Crippen LogP contribution in [-0.2, 0) is 47.9 Å². The van der Waals surface area contributed by atoms with Crippen molar-refractivity contribution >= 4 is 59.5 Å². The van der Waals surface area contributed by atoms with Crippen molar-refractivity contribution in [3.05, 3.63) is 0 Å². The number of carbonyl (C=O) groups is 10. The molecule has 0 saturated carbocycles. The van der Waals surface area contributed by atoms with E-state index in [9.17, 15) is 47.9 Å². The summed E-state index contributed by atoms with van der Waals surface area (Å²) in [6.07, 6.45) is 0.521. The third kappa shape index (κ3) is 15.8. The normalized spacial score (nSPS) is 16.7. The Morgan fingerprint density at radius 1 is 0.340 bits per heavy atom. The molecule has 50 heavy (non-hydrogen) atoms. The zero-order chi connectivity index (χ0) is 39.0. The zero-order valence-corrected chi connectivity index (χ0v) is 30.0. The van der Waals surface area contributed by atoms with Crippen molar-refractivity contribution in [2.45, 2.75) is 130 Å². The van der Waals surface area contributed by atoms with Gasteiger partial charge in [-0.25, -0.2) is 0 Å². The van der Waals surface area contributed by atoms with E-state index >= 15 is 0 Å². The molecule has 0 heterocycles. The standard InChI is InChI=1S/C30H52N10O10/c1-12(11-41)32-23(43)14(3)34-25(45)16(5)36-27(47)18(7)38-29(49)20(9)40-30(50)21(10)39-28(48)19(8)37-26(46)17(6)35-24(44)15(4)33-22(42)13(2)31/h11-21H,31H2,1-10H3,(H,32,43)(H,33,42)(H,34,45)(H,35,44)(H,36,47)(H,37,46)(H,38,49)(H,39,48)(H,40,50)/t12-,13-,14-,15-,16-,17-,18-,19-,20-,21-/m0/s1. The molecule has 0 spiro atoms. The predicted molar refractivity (Wildman–Crippen MR) is 178 cm³/mol. The van der Waals surface area contributed by atoms with Crippen LogP contribution in [-0.4, -0.2) is 120 Å². The summed E-state index contributed by atoms with van der Waals surface area (Å²) < 4.78 is 0. The van der Waals surface area contributed by atoms with Crippen LogP contribution in [0.15, 0.2) is 0 Å². The second-order valence-electron chi connectivity index (χ2n) is 12.1. The van der Waals surface area contributed by atoms with E-state index in [0.29, 0.717) is 6.29 Å². The predicted octanol–water partition coefficient (Wildman–Crippen LogP) is -4.93. The second-order valence-corrected chi connectivity index (χ2v) is 12.1. The first-order valence-corrected chi connectivity index (χ1v) is 16.0. The molecule has 0 aliphatic heterocycles. The molecule has 0 aromatic carbocycles. The Morgan fingerprint density at radius 3 is 0.660 bits per heavy atom. The first kappa shape index (κ1) is 44.9. The van der Waals surface area contributed by atoms with Crippen LogP contribution in [0.3, 0.4) is 0 Å². The molecule has 10 atom stereocenters. The quantitative estimate of drug-likeness (QED) is 0.0566. The van der Waals surface area contributed by atoms with Gasteiger partial charge in [-0.2, -0.15) is 0 Å². The molecule has 0 saturated heterocycles. The highest BCUT2D eigenvalue weighted by Crippen LogP contribution is 1.96. The summed E-state index contributed by atoms with van der Waals surface area (Å²) in [6.45, 7) is 13.8. The Balaban J connectivity index is 4.84. The Hall–Kier alpha value is -5.14. The van der Waals surface area contributed by atoms with Gasteiger partial charge in [-0.3, -0.25) is 43.2 Å². The molecule has 0 radical (unpaired) electrons. The lowest BCUT2D eigenvalue weighted by Crippen LogP contribution is -2.58. The molecular weight excluding hydrogens is 660 g/mol. The molecule has 0 aliphatic rings. The average Bonchev–Trinajstić information content (AvgIpc) is 3.03. The van der Waals surface area contributed by atoms with Crippen LogP contribution in [0.4, 0.5) is 0 Å². The summed E-state index contributed by atoms with van der Waals surface area (Å²) >= 11 is 0. The number of nitrogens with two attached hydrogens (primary N) is 1. The number of carbonyl (C=O) groups excluding carboxylic acids is 10. The van der Waals surface area contributed by atoms with Gasteiger partial charge < -0.3 is 58.4 Å². The van der Waals surface area contributed by atoms with Gasteiger partial charge in [-0.05, 0) is 69.2 Å². The molecule has 0 aliphatic carbocycles. The highest BCUT2D eigenvalue weighted by molar-refractivity contribution is 5.97. The van der Waals surface area contributed by atoms with Gasteiger partial charge in [0.15, 0.2) is 0 Å². The van der Waals surface area contributed by atoms with Gasteiger partial charge in [0, 0.05) is 0 Å². The monoisotopic (exact) mass is 712 g/mol. The van der Waals surface area contributed by atoms with Crippen molar-refractivity contribution in [2.75, 3.05) is 0 Å². The maximum Gasteiger partial charge on any atom is 0.242 e. The van der Waals surface area contributed by atoms with Crippen molar-refractivity contribution in [3.63, 3.8) is 0 Å². The second kappa shape index (κ2) is 21.1. The van der Waals surface area contributed by atoms with Crippen LogP contribution in [0.1, 0.15) is 69.2 Å². The SMILES string of the molecule is C[C@H](N)C(=O)N[C@@H](C)C(=O)N[C@@H](C)C(=O)N[C@@H](C)C(=O)N[C@@H](C)C(=O)N[C@@H](C)C(=O)N[C@@H](C)C(=O)N[C@@H](C)C(=O)N[C@@H](C)C(=O)N[C@@H](C)C=O. The fourth-order valence-corrected chi connectivity index (χ4v) is 3.62. The molecule has 0 fully saturated rings. The van der Waals surface area contributed by atoms with Gasteiger partial charge in [0.2, 0.25) is 53.2 Å². The Morgan fingerprint density at radius 2 is 0.500 bits per heavy atom. The number of aldehydes is 1. The van der Waals surface area contributed by atoms with E-state index in [4.69, 9.17) is 5.73 Å². The van der Waals surface area contributed by atoms with E-state index in [1.54, 1.807) is 0 Å². The Bertz CT molecular complexity index is 1290. The largest absolute Gasteiger partial charge is 0.345 e. The summed E-state index contributed by atoms with van der Waals surface area (Å²) in [4.78, 5) is 122. The molecule has 0 aromatic heterocycles. The van der Waals surface area contributed by atoms with Gasteiger partial charge in [0.25, 0.3) is 0 Å². The lowest BCUT2D eigenvalue weighted by molar-refractivity contribution is -0.135. The first-order valence-electron chi connectivity index (χ1n) is 16.0. The summed E-state index contributed by atoms with van der Waals surface area (Å²) in [7, 11) is 0. The molecule has 0 unspecified atom stereocenters. The fourth-order valence-electron chi connectivity index (χ4n) is 3.62. The van der Waals surface area contributed by atoms with Crippen LogP contribution in [0.5, 0.6) is 0 Å². The minimum absolute atomic E-state index is 0.521. The maximum atomic E-state index is 12.7. The smallest absolute Gasteiger partial charge is 0.242 e. The average molecular weight is 713 g/mol. The van der Waals surface area contributed by atoms with E-state index in [1.165, 1.54) is 69.2 Å². The summed E-state index contributed by atoms with van der Waals surface area (Å²) in [5, 5.41) is 21.6. The minimum Gasteiger partial charge on any atom is -0.345 e. The molecule has 0 rings (SSSR count). The van der Waals surface area contributed by atoms with Gasteiger partial charge in [-0.15, -0.1) is 0 Å². The van der Waals surface area contributed by atoms with E-state index in [0.717, 1.165) is 0 Å². The van der Waals surface area contributed by atoms with Gasteiger partial charge in [0.1, 0.15) is 54.6 Å². The Kier molecular flexibility index (Phi) is 18.9. The maximum absolute atomic E-state index is 12.7. The molecule has 282 valence electrons. The van der Waals surface area contributed by atoms with Crippen LogP contribution < -0.4 is 53.6 Å². The fraction of sp³-hybridized carbons (Fsp3) is 0.667. The molecule has 11 N–H and O–H groups in total. The van der Waals surface area contributed by atoms with Crippen molar-refractivity contribution < 1.29 is 47.9 Å². The number of hydrogen-bond donors (Lipinski definition) is 10. The van der Waals surface area contributed by atoms with Gasteiger partial charge in [-0.1, -0.05) is 0 Å². The Labute approximate surface area is 290 Å². The van der Waals surface area contributed by atoms with Gasteiger partial charge in [0.05, 0.1) is 12.1 Å². The van der Waals surface area contributed by atoms with Crippen molar-refractivity contribution in [2.24, 2.45) is 5.73 Å².